The predicted molar refractivity (Wildman–Crippen MR) is 72.3 cm³/mol. The number of sulfonamides is 1. The van der Waals surface area contributed by atoms with Crippen LogP contribution >= 0.6 is 0 Å². The van der Waals surface area contributed by atoms with Gasteiger partial charge in [-0.1, -0.05) is 0 Å². The molecule has 0 fully saturated rings. The number of anilines is 1. The average molecular weight is 272 g/mol. The van der Waals surface area contributed by atoms with Gasteiger partial charge in [0.2, 0.25) is 10.0 Å². The smallest absolute Gasteiger partial charge is 0.240 e. The second-order valence-corrected chi connectivity index (χ2v) is 6.10. The molecule has 0 saturated heterocycles. The van der Waals surface area contributed by atoms with Crippen LogP contribution in [0.3, 0.4) is 0 Å². The van der Waals surface area contributed by atoms with Crippen molar-refractivity contribution in [2.75, 3.05) is 25.1 Å². The van der Waals surface area contributed by atoms with Gasteiger partial charge >= 0.3 is 0 Å². The fourth-order valence-corrected chi connectivity index (χ4v) is 2.46. The van der Waals surface area contributed by atoms with Gasteiger partial charge in [-0.15, -0.1) is 0 Å². The molecule has 0 saturated carbocycles. The molecule has 0 bridgehead atoms. The number of nitrogens with one attached hydrogen (secondary N) is 1. The summed E-state index contributed by atoms with van der Waals surface area (Å²) >= 11 is 0. The zero-order valence-electron chi connectivity index (χ0n) is 10.9. The molecule has 5 nitrogen and oxygen atoms in total. The van der Waals surface area contributed by atoms with Crippen LogP contribution in [0.2, 0.25) is 0 Å². The van der Waals surface area contributed by atoms with Gasteiger partial charge in [-0.3, -0.25) is 0 Å². The molecule has 0 aliphatic rings. The van der Waals surface area contributed by atoms with Gasteiger partial charge in [0.05, 0.1) is 11.5 Å². The van der Waals surface area contributed by atoms with Gasteiger partial charge in [-0.2, -0.15) is 0 Å². The van der Waals surface area contributed by atoms with E-state index in [4.69, 9.17) is 5.11 Å². The molecule has 1 aromatic carbocycles. The highest BCUT2D eigenvalue weighted by atomic mass is 32.2. The van der Waals surface area contributed by atoms with E-state index in [-0.39, 0.29) is 17.5 Å². The lowest BCUT2D eigenvalue weighted by atomic mass is 10.2. The Hall–Kier alpha value is -1.11. The van der Waals surface area contributed by atoms with Crippen molar-refractivity contribution in [3.05, 3.63) is 24.3 Å². The van der Waals surface area contributed by atoms with Crippen LogP contribution < -0.4 is 9.62 Å². The number of aliphatic hydroxyl groups is 1. The third-order valence-electron chi connectivity index (χ3n) is 2.71. The van der Waals surface area contributed by atoms with Crippen molar-refractivity contribution >= 4 is 15.7 Å². The van der Waals surface area contributed by atoms with E-state index in [0.29, 0.717) is 6.54 Å². The summed E-state index contributed by atoms with van der Waals surface area (Å²) in [5.41, 5.74) is 0.897. The molecule has 0 spiro atoms. The maximum atomic E-state index is 11.6. The van der Waals surface area contributed by atoms with Crippen molar-refractivity contribution in [3.8, 4) is 0 Å². The largest absolute Gasteiger partial charge is 0.395 e. The van der Waals surface area contributed by atoms with E-state index < -0.39 is 10.0 Å². The van der Waals surface area contributed by atoms with E-state index in [0.717, 1.165) is 5.69 Å². The normalized spacial score (nSPS) is 11.8. The van der Waals surface area contributed by atoms with Gasteiger partial charge in [0.25, 0.3) is 0 Å². The number of benzene rings is 1. The summed E-state index contributed by atoms with van der Waals surface area (Å²) in [7, 11) is -2.01. The molecule has 0 heterocycles. The minimum Gasteiger partial charge on any atom is -0.395 e. The second kappa shape index (κ2) is 6.17. The fraction of sp³-hybridized carbons (Fsp3) is 0.500. The van der Waals surface area contributed by atoms with Crippen LogP contribution in [-0.4, -0.2) is 39.8 Å². The molecule has 0 aliphatic carbocycles. The zero-order chi connectivity index (χ0) is 13.8. The van der Waals surface area contributed by atoms with E-state index in [2.05, 4.69) is 4.72 Å². The third kappa shape index (κ3) is 3.44. The first-order valence-electron chi connectivity index (χ1n) is 5.83. The molecule has 0 atom stereocenters. The van der Waals surface area contributed by atoms with Crippen molar-refractivity contribution in [1.82, 2.24) is 4.72 Å². The monoisotopic (exact) mass is 272 g/mol. The summed E-state index contributed by atoms with van der Waals surface area (Å²) in [4.78, 5) is 2.25. The predicted octanol–water partition coefficient (Wildman–Crippen LogP) is 0.802. The van der Waals surface area contributed by atoms with E-state index in [9.17, 15) is 8.42 Å². The molecular weight excluding hydrogens is 252 g/mol. The molecule has 0 aliphatic heterocycles. The van der Waals surface area contributed by atoms with Crippen LogP contribution in [0.25, 0.3) is 0 Å². The van der Waals surface area contributed by atoms with E-state index >= 15 is 0 Å². The highest BCUT2D eigenvalue weighted by Gasteiger charge is 2.13. The van der Waals surface area contributed by atoms with Crippen molar-refractivity contribution in [2.45, 2.75) is 24.8 Å². The average Bonchev–Trinajstić information content (AvgIpc) is 2.36. The van der Waals surface area contributed by atoms with Crippen LogP contribution in [0.5, 0.6) is 0 Å². The highest BCUT2D eigenvalue weighted by molar-refractivity contribution is 7.89. The summed E-state index contributed by atoms with van der Waals surface area (Å²) in [6, 6.07) is 6.87. The van der Waals surface area contributed by atoms with Gasteiger partial charge in [-0.25, -0.2) is 13.1 Å². The molecule has 18 heavy (non-hydrogen) atoms. The Morgan fingerprint density at radius 3 is 2.22 bits per heavy atom. The molecule has 6 heteroatoms. The summed E-state index contributed by atoms with van der Waals surface area (Å²) in [6.45, 7) is 4.63. The van der Waals surface area contributed by atoms with Crippen LogP contribution in [0, 0.1) is 0 Å². The summed E-state index contributed by atoms with van der Waals surface area (Å²) in [6.07, 6.45) is 0. The maximum absolute atomic E-state index is 11.6. The zero-order valence-corrected chi connectivity index (χ0v) is 11.7. The van der Waals surface area contributed by atoms with Gasteiger partial charge in [0, 0.05) is 18.3 Å². The first-order valence-corrected chi connectivity index (χ1v) is 7.32. The van der Waals surface area contributed by atoms with Gasteiger partial charge < -0.3 is 10.0 Å². The van der Waals surface area contributed by atoms with E-state index in [1.165, 1.54) is 7.05 Å². The van der Waals surface area contributed by atoms with Crippen molar-refractivity contribution in [1.29, 1.82) is 0 Å². The molecule has 0 aromatic heterocycles. The third-order valence-corrected chi connectivity index (χ3v) is 4.14. The van der Waals surface area contributed by atoms with Crippen LogP contribution in [0.1, 0.15) is 13.8 Å². The molecular formula is C12H20N2O3S. The van der Waals surface area contributed by atoms with Gasteiger partial charge in [0.1, 0.15) is 0 Å². The summed E-state index contributed by atoms with van der Waals surface area (Å²) in [5, 5.41) is 9.02. The van der Waals surface area contributed by atoms with Gasteiger partial charge in [0.15, 0.2) is 0 Å². The Morgan fingerprint density at radius 2 is 1.83 bits per heavy atom. The summed E-state index contributed by atoms with van der Waals surface area (Å²) in [5.74, 6) is 0. The molecule has 0 amide bonds. The minimum absolute atomic E-state index is 0.0642. The second-order valence-electron chi connectivity index (χ2n) is 4.21. The lowest BCUT2D eigenvalue weighted by Crippen LogP contribution is -2.33. The number of rotatable bonds is 6. The van der Waals surface area contributed by atoms with E-state index in [1.54, 1.807) is 24.3 Å². The number of nitrogens with zero attached hydrogens (tertiary/aromatic N) is 1. The number of hydrogen-bond acceptors (Lipinski definition) is 4. The van der Waals surface area contributed by atoms with Crippen LogP contribution in [-0.2, 0) is 10.0 Å². The molecule has 102 valence electrons. The SMILES string of the molecule is CNS(=O)(=O)c1ccc(N(CCO)C(C)C)cc1. The maximum Gasteiger partial charge on any atom is 0.240 e. The first-order chi connectivity index (χ1) is 8.42. The Labute approximate surface area is 108 Å². The Morgan fingerprint density at radius 1 is 1.28 bits per heavy atom. The molecule has 0 unspecified atom stereocenters. The molecule has 2 N–H and O–H groups in total. The van der Waals surface area contributed by atoms with Crippen molar-refractivity contribution in [3.63, 3.8) is 0 Å². The quantitative estimate of drug-likeness (QED) is 0.804. The fourth-order valence-electron chi connectivity index (χ4n) is 1.73. The molecule has 0 radical (unpaired) electrons. The highest BCUT2D eigenvalue weighted by Crippen LogP contribution is 2.19. The van der Waals surface area contributed by atoms with Crippen molar-refractivity contribution in [2.24, 2.45) is 0 Å². The number of aliphatic hydroxyl groups excluding tert-OH is 1. The Bertz CT molecular complexity index is 469. The van der Waals surface area contributed by atoms with Crippen LogP contribution in [0.15, 0.2) is 29.2 Å². The van der Waals surface area contributed by atoms with Gasteiger partial charge in [-0.05, 0) is 45.2 Å². The van der Waals surface area contributed by atoms with Crippen molar-refractivity contribution < 1.29 is 13.5 Å². The Balaban J connectivity index is 3.01. The molecule has 1 aromatic rings. The summed E-state index contributed by atoms with van der Waals surface area (Å²) < 4.78 is 25.4. The lowest BCUT2D eigenvalue weighted by Gasteiger charge is -2.28. The number of hydrogen-bond donors (Lipinski definition) is 2. The van der Waals surface area contributed by atoms with Crippen LogP contribution in [0.4, 0.5) is 5.69 Å². The van der Waals surface area contributed by atoms with E-state index in [1.807, 2.05) is 18.7 Å². The Kier molecular flexibility index (Phi) is 5.13. The lowest BCUT2D eigenvalue weighted by molar-refractivity contribution is 0.299. The molecule has 1 rings (SSSR count). The first kappa shape index (κ1) is 14.9. The topological polar surface area (TPSA) is 69.6 Å². The standard InChI is InChI=1S/C12H20N2O3S/c1-10(2)14(8-9-15)11-4-6-12(7-5-11)18(16,17)13-3/h4-7,10,13,15H,8-9H2,1-3H3. The minimum atomic E-state index is -3.39.